The van der Waals surface area contributed by atoms with Gasteiger partial charge in [-0.05, 0) is 38.6 Å². The molecule has 0 saturated carbocycles. The van der Waals surface area contributed by atoms with E-state index in [0.29, 0.717) is 12.2 Å². The van der Waals surface area contributed by atoms with Crippen LogP contribution in [0.2, 0.25) is 0 Å². The van der Waals surface area contributed by atoms with Crippen LogP contribution in [0.1, 0.15) is 24.9 Å². The van der Waals surface area contributed by atoms with E-state index >= 15 is 0 Å². The van der Waals surface area contributed by atoms with E-state index in [1.807, 2.05) is 6.92 Å². The molecule has 0 aromatic heterocycles. The Bertz CT molecular complexity index is 397. The molecule has 1 aromatic carbocycles. The summed E-state index contributed by atoms with van der Waals surface area (Å²) in [4.78, 5) is 0. The summed E-state index contributed by atoms with van der Waals surface area (Å²) in [6.07, 6.45) is 1.05. The maximum atomic E-state index is 13.7. The molecule has 0 bridgehead atoms. The molecule has 0 radical (unpaired) electrons. The third-order valence-corrected chi connectivity index (χ3v) is 3.31. The summed E-state index contributed by atoms with van der Waals surface area (Å²) >= 11 is 0. The predicted molar refractivity (Wildman–Crippen MR) is 61.7 cm³/mol. The van der Waals surface area contributed by atoms with Crippen molar-refractivity contribution in [2.75, 3.05) is 13.7 Å². The topological polar surface area (TPSA) is 21.3 Å². The maximum Gasteiger partial charge on any atom is 0.128 e. The van der Waals surface area contributed by atoms with Gasteiger partial charge in [0.1, 0.15) is 11.6 Å². The zero-order valence-electron chi connectivity index (χ0n) is 10.0. The molecule has 1 aliphatic heterocycles. The van der Waals surface area contributed by atoms with Gasteiger partial charge in [0.2, 0.25) is 0 Å². The van der Waals surface area contributed by atoms with E-state index in [1.54, 1.807) is 7.05 Å². The molecule has 94 valence electrons. The number of hydrogen-bond donors (Lipinski definition) is 1. The van der Waals surface area contributed by atoms with Crippen LogP contribution in [-0.2, 0) is 4.74 Å². The Hall–Kier alpha value is -1.00. The number of benzene rings is 1. The fraction of sp³-hybridized carbons (Fsp3) is 0.538. The van der Waals surface area contributed by atoms with Crippen molar-refractivity contribution in [2.24, 2.45) is 5.92 Å². The van der Waals surface area contributed by atoms with Crippen molar-refractivity contribution >= 4 is 0 Å². The van der Waals surface area contributed by atoms with Gasteiger partial charge < -0.3 is 10.1 Å². The zero-order chi connectivity index (χ0) is 12.4. The van der Waals surface area contributed by atoms with Crippen LogP contribution in [0, 0.1) is 17.6 Å². The highest BCUT2D eigenvalue weighted by Gasteiger charge is 2.31. The van der Waals surface area contributed by atoms with Crippen molar-refractivity contribution in [3.8, 4) is 0 Å². The number of hydrogen-bond acceptors (Lipinski definition) is 2. The normalized spacial score (nSPS) is 26.1. The minimum atomic E-state index is -0.409. The molecular formula is C13H17F2NO. The van der Waals surface area contributed by atoms with Gasteiger partial charge in [-0.2, -0.15) is 0 Å². The molecular weight excluding hydrogens is 224 g/mol. The van der Waals surface area contributed by atoms with Crippen LogP contribution < -0.4 is 5.32 Å². The Morgan fingerprint density at radius 2 is 2.18 bits per heavy atom. The predicted octanol–water partition coefficient (Wildman–Crippen LogP) is 2.65. The van der Waals surface area contributed by atoms with Crippen LogP contribution in [0.5, 0.6) is 0 Å². The second-order valence-corrected chi connectivity index (χ2v) is 4.57. The molecule has 2 rings (SSSR count). The number of nitrogens with one attached hydrogen (secondary N) is 1. The highest BCUT2D eigenvalue weighted by atomic mass is 19.1. The van der Waals surface area contributed by atoms with Crippen LogP contribution in [-0.4, -0.2) is 19.8 Å². The number of ether oxygens (including phenoxy) is 1. The number of rotatable bonds is 3. The lowest BCUT2D eigenvalue weighted by atomic mass is 9.91. The van der Waals surface area contributed by atoms with Crippen molar-refractivity contribution < 1.29 is 13.5 Å². The fourth-order valence-electron chi connectivity index (χ4n) is 2.48. The summed E-state index contributed by atoms with van der Waals surface area (Å²) in [7, 11) is 1.76. The first-order valence-corrected chi connectivity index (χ1v) is 5.85. The highest BCUT2D eigenvalue weighted by Crippen LogP contribution is 2.32. The second-order valence-electron chi connectivity index (χ2n) is 4.57. The molecule has 0 amide bonds. The van der Waals surface area contributed by atoms with Crippen LogP contribution in [0.15, 0.2) is 18.2 Å². The Kier molecular flexibility index (Phi) is 3.74. The molecule has 1 N–H and O–H groups in total. The Morgan fingerprint density at radius 1 is 1.41 bits per heavy atom. The highest BCUT2D eigenvalue weighted by molar-refractivity contribution is 5.23. The minimum absolute atomic E-state index is 0.186. The Morgan fingerprint density at radius 3 is 2.76 bits per heavy atom. The Balaban J connectivity index is 2.25. The van der Waals surface area contributed by atoms with E-state index in [9.17, 15) is 8.78 Å². The lowest BCUT2D eigenvalue weighted by Gasteiger charge is -2.22. The minimum Gasteiger partial charge on any atom is -0.378 e. The van der Waals surface area contributed by atoms with Crippen LogP contribution in [0.4, 0.5) is 8.78 Å². The van der Waals surface area contributed by atoms with Crippen molar-refractivity contribution in [3.63, 3.8) is 0 Å². The van der Waals surface area contributed by atoms with Crippen molar-refractivity contribution in [3.05, 3.63) is 35.4 Å². The first-order valence-electron chi connectivity index (χ1n) is 5.85. The SMILES string of the molecule is CNC(c1cc(F)ccc1F)C1COC(C)C1. The monoisotopic (exact) mass is 241 g/mol. The molecule has 1 fully saturated rings. The summed E-state index contributed by atoms with van der Waals surface area (Å²) in [6, 6.07) is 3.38. The van der Waals surface area contributed by atoms with E-state index in [2.05, 4.69) is 5.32 Å². The van der Waals surface area contributed by atoms with Gasteiger partial charge >= 0.3 is 0 Å². The van der Waals surface area contributed by atoms with E-state index in [1.165, 1.54) is 12.1 Å². The summed E-state index contributed by atoms with van der Waals surface area (Å²) in [5.41, 5.74) is 0.384. The van der Waals surface area contributed by atoms with Crippen molar-refractivity contribution in [2.45, 2.75) is 25.5 Å². The third-order valence-electron chi connectivity index (χ3n) is 3.31. The largest absolute Gasteiger partial charge is 0.378 e. The average molecular weight is 241 g/mol. The van der Waals surface area contributed by atoms with E-state index in [4.69, 9.17) is 4.74 Å². The van der Waals surface area contributed by atoms with E-state index < -0.39 is 5.82 Å². The van der Waals surface area contributed by atoms with E-state index in [0.717, 1.165) is 12.5 Å². The molecule has 1 saturated heterocycles. The van der Waals surface area contributed by atoms with Gasteiger partial charge in [0, 0.05) is 17.5 Å². The van der Waals surface area contributed by atoms with Gasteiger partial charge in [-0.3, -0.25) is 0 Å². The zero-order valence-corrected chi connectivity index (χ0v) is 10.0. The molecule has 4 heteroatoms. The molecule has 0 aliphatic carbocycles. The molecule has 1 aliphatic rings. The second kappa shape index (κ2) is 5.10. The van der Waals surface area contributed by atoms with Gasteiger partial charge in [0.15, 0.2) is 0 Å². The van der Waals surface area contributed by atoms with E-state index in [-0.39, 0.29) is 23.9 Å². The van der Waals surface area contributed by atoms with Gasteiger partial charge in [-0.15, -0.1) is 0 Å². The van der Waals surface area contributed by atoms with Crippen LogP contribution >= 0.6 is 0 Å². The summed E-state index contributed by atoms with van der Waals surface area (Å²) in [5.74, 6) is -0.592. The van der Waals surface area contributed by atoms with Gasteiger partial charge in [-0.1, -0.05) is 0 Å². The summed E-state index contributed by atoms with van der Waals surface area (Å²) < 4.78 is 32.4. The average Bonchev–Trinajstić information content (AvgIpc) is 2.71. The molecule has 17 heavy (non-hydrogen) atoms. The van der Waals surface area contributed by atoms with Crippen molar-refractivity contribution in [1.82, 2.24) is 5.32 Å². The van der Waals surface area contributed by atoms with Gasteiger partial charge in [0.05, 0.1) is 12.7 Å². The molecule has 3 atom stereocenters. The maximum absolute atomic E-state index is 13.7. The third kappa shape index (κ3) is 2.64. The smallest absolute Gasteiger partial charge is 0.128 e. The molecule has 2 nitrogen and oxygen atoms in total. The molecule has 3 unspecified atom stereocenters. The molecule has 0 spiro atoms. The standard InChI is InChI=1S/C13H17F2NO/c1-8-5-9(7-17-8)13(16-2)11-6-10(14)3-4-12(11)15/h3-4,6,8-9,13,16H,5,7H2,1-2H3. The molecule has 1 heterocycles. The molecule has 1 aromatic rings. The Labute approximate surface area is 100.0 Å². The number of halogens is 2. The van der Waals surface area contributed by atoms with Crippen molar-refractivity contribution in [1.29, 1.82) is 0 Å². The first kappa shape index (κ1) is 12.5. The van der Waals surface area contributed by atoms with Gasteiger partial charge in [-0.25, -0.2) is 8.78 Å². The van der Waals surface area contributed by atoms with Crippen LogP contribution in [0.3, 0.4) is 0 Å². The van der Waals surface area contributed by atoms with Gasteiger partial charge in [0.25, 0.3) is 0 Å². The summed E-state index contributed by atoms with van der Waals surface area (Å²) in [5, 5.41) is 3.06. The van der Waals surface area contributed by atoms with Crippen LogP contribution in [0.25, 0.3) is 0 Å². The lowest BCUT2D eigenvalue weighted by Crippen LogP contribution is -2.26. The fourth-order valence-corrected chi connectivity index (χ4v) is 2.48. The summed E-state index contributed by atoms with van der Waals surface area (Å²) in [6.45, 7) is 2.58. The lowest BCUT2D eigenvalue weighted by molar-refractivity contribution is 0.117. The first-order chi connectivity index (χ1) is 8.11. The quantitative estimate of drug-likeness (QED) is 0.878.